The molecule has 108 valence electrons. The van der Waals surface area contributed by atoms with E-state index in [4.69, 9.17) is 29.6 Å². The highest BCUT2D eigenvalue weighted by Crippen LogP contribution is 2.30. The normalized spacial score (nSPS) is 22.3. The van der Waals surface area contributed by atoms with Crippen molar-refractivity contribution < 1.29 is 4.79 Å². The van der Waals surface area contributed by atoms with Gasteiger partial charge in [0, 0.05) is 11.5 Å². The topological polar surface area (TPSA) is 55.1 Å². The van der Waals surface area contributed by atoms with Crippen LogP contribution in [0, 0.1) is 11.8 Å². The lowest BCUT2D eigenvalue weighted by atomic mass is 9.82. The van der Waals surface area contributed by atoms with Crippen LogP contribution in [0.3, 0.4) is 0 Å². The molecule has 0 bridgehead atoms. The van der Waals surface area contributed by atoms with Gasteiger partial charge in [0.15, 0.2) is 0 Å². The molecule has 1 fully saturated rings. The highest BCUT2D eigenvalue weighted by Gasteiger charge is 2.24. The Balaban J connectivity index is 2.02. The van der Waals surface area contributed by atoms with E-state index in [1.807, 2.05) is 0 Å². The molecule has 0 spiro atoms. The van der Waals surface area contributed by atoms with Gasteiger partial charge in [0.2, 0.25) is 5.91 Å². The van der Waals surface area contributed by atoms with Crippen LogP contribution < -0.4 is 11.1 Å². The van der Waals surface area contributed by atoms with E-state index in [0.29, 0.717) is 21.3 Å². The molecule has 1 saturated carbocycles. The summed E-state index contributed by atoms with van der Waals surface area (Å²) in [5, 5.41) is 3.37. The Morgan fingerprint density at radius 2 is 2.00 bits per heavy atom. The van der Waals surface area contributed by atoms with Crippen molar-refractivity contribution in [3.8, 4) is 0 Å². The first-order valence-corrected chi connectivity index (χ1v) is 7.66. The lowest BCUT2D eigenvalue weighted by Crippen LogP contribution is -2.26. The maximum Gasteiger partial charge on any atom is 0.227 e. The Kier molecular flexibility index (Phi) is 5.00. The van der Waals surface area contributed by atoms with E-state index in [2.05, 4.69) is 12.2 Å². The van der Waals surface area contributed by atoms with Crippen molar-refractivity contribution in [1.29, 1.82) is 0 Å². The Morgan fingerprint density at radius 3 is 2.55 bits per heavy atom. The van der Waals surface area contributed by atoms with Gasteiger partial charge in [-0.1, -0.05) is 30.7 Å². The number of carbonyl (C=O) groups excluding carboxylic acids is 1. The number of nitrogens with two attached hydrogens (primary N) is 1. The second-order valence-corrected chi connectivity index (χ2v) is 6.35. The van der Waals surface area contributed by atoms with Crippen LogP contribution in [0.15, 0.2) is 18.2 Å². The third-order valence-electron chi connectivity index (χ3n) is 3.90. The number of halogens is 1. The molecule has 0 unspecified atom stereocenters. The summed E-state index contributed by atoms with van der Waals surface area (Å²) in [6, 6.07) is 5.20. The summed E-state index contributed by atoms with van der Waals surface area (Å²) in [6.07, 6.45) is 4.14. The van der Waals surface area contributed by atoms with E-state index in [-0.39, 0.29) is 11.8 Å². The van der Waals surface area contributed by atoms with Gasteiger partial charge >= 0.3 is 0 Å². The van der Waals surface area contributed by atoms with E-state index < -0.39 is 0 Å². The first-order chi connectivity index (χ1) is 9.47. The van der Waals surface area contributed by atoms with E-state index >= 15 is 0 Å². The molecule has 2 rings (SSSR count). The molecule has 20 heavy (non-hydrogen) atoms. The third-order valence-corrected chi connectivity index (χ3v) is 4.45. The summed E-state index contributed by atoms with van der Waals surface area (Å²) in [5.41, 5.74) is 6.87. The third kappa shape index (κ3) is 3.70. The molecule has 5 heteroatoms. The van der Waals surface area contributed by atoms with Gasteiger partial charge in [0.1, 0.15) is 4.99 Å². The lowest BCUT2D eigenvalue weighted by molar-refractivity contribution is -0.121. The van der Waals surface area contributed by atoms with Crippen LogP contribution in [-0.4, -0.2) is 10.9 Å². The zero-order valence-electron chi connectivity index (χ0n) is 11.5. The number of carbonyl (C=O) groups is 1. The number of benzene rings is 1. The van der Waals surface area contributed by atoms with Gasteiger partial charge in [0.05, 0.1) is 10.7 Å². The fraction of sp³-hybridized carbons (Fsp3) is 0.467. The zero-order chi connectivity index (χ0) is 14.7. The maximum atomic E-state index is 12.2. The fourth-order valence-electron chi connectivity index (χ4n) is 2.53. The second kappa shape index (κ2) is 6.55. The molecular weight excluding hydrogens is 292 g/mol. The van der Waals surface area contributed by atoms with Gasteiger partial charge < -0.3 is 11.1 Å². The number of rotatable bonds is 3. The lowest BCUT2D eigenvalue weighted by Gasteiger charge is -2.25. The summed E-state index contributed by atoms with van der Waals surface area (Å²) in [5.74, 6) is 0.881. The Bertz CT molecular complexity index is 525. The molecule has 3 N–H and O–H groups in total. The second-order valence-electron chi connectivity index (χ2n) is 5.50. The summed E-state index contributed by atoms with van der Waals surface area (Å²) in [7, 11) is 0. The van der Waals surface area contributed by atoms with Crippen molar-refractivity contribution in [3.63, 3.8) is 0 Å². The number of anilines is 1. The van der Waals surface area contributed by atoms with E-state index in [9.17, 15) is 4.79 Å². The standard InChI is InChI=1S/C15H19ClN2OS/c1-9-2-4-10(5-3-9)15(19)18-13-7-6-11(14(17)20)8-12(13)16/h6-10H,2-5H2,1H3,(H2,17,20)(H,18,19). The number of hydrogen-bond donors (Lipinski definition) is 2. The highest BCUT2D eigenvalue weighted by atomic mass is 35.5. The van der Waals surface area contributed by atoms with Crippen LogP contribution in [0.1, 0.15) is 38.2 Å². The largest absolute Gasteiger partial charge is 0.389 e. The molecule has 1 aromatic rings. The van der Waals surface area contributed by atoms with E-state index in [1.165, 1.54) is 0 Å². The zero-order valence-corrected chi connectivity index (χ0v) is 13.1. The van der Waals surface area contributed by atoms with Crippen molar-refractivity contribution >= 4 is 40.4 Å². The first-order valence-electron chi connectivity index (χ1n) is 6.87. The van der Waals surface area contributed by atoms with Crippen molar-refractivity contribution in [2.45, 2.75) is 32.6 Å². The monoisotopic (exact) mass is 310 g/mol. The fourth-order valence-corrected chi connectivity index (χ4v) is 2.88. The molecule has 1 amide bonds. The van der Waals surface area contributed by atoms with Gasteiger partial charge in [-0.05, 0) is 49.8 Å². The van der Waals surface area contributed by atoms with Gasteiger partial charge in [-0.25, -0.2) is 0 Å². The smallest absolute Gasteiger partial charge is 0.227 e. The molecule has 1 aliphatic carbocycles. The average Bonchev–Trinajstić information content (AvgIpc) is 2.41. The molecule has 1 aliphatic rings. The predicted molar refractivity (Wildman–Crippen MR) is 87.1 cm³/mol. The molecular formula is C15H19ClN2OS. The van der Waals surface area contributed by atoms with Crippen LogP contribution >= 0.6 is 23.8 Å². The van der Waals surface area contributed by atoms with Crippen LogP contribution in [0.25, 0.3) is 0 Å². The van der Waals surface area contributed by atoms with E-state index in [1.54, 1.807) is 18.2 Å². The molecule has 0 heterocycles. The highest BCUT2D eigenvalue weighted by molar-refractivity contribution is 7.80. The van der Waals surface area contributed by atoms with Crippen molar-refractivity contribution in [1.82, 2.24) is 0 Å². The molecule has 0 aromatic heterocycles. The summed E-state index contributed by atoms with van der Waals surface area (Å²) < 4.78 is 0. The first kappa shape index (κ1) is 15.3. The molecule has 0 radical (unpaired) electrons. The van der Waals surface area contributed by atoms with Crippen molar-refractivity contribution in [3.05, 3.63) is 28.8 Å². The Morgan fingerprint density at radius 1 is 1.35 bits per heavy atom. The molecule has 0 aliphatic heterocycles. The van der Waals surface area contributed by atoms with E-state index in [0.717, 1.165) is 31.6 Å². The minimum absolute atomic E-state index is 0.0573. The Labute approximate surface area is 129 Å². The van der Waals surface area contributed by atoms with Crippen LogP contribution in [0.5, 0.6) is 0 Å². The number of hydrogen-bond acceptors (Lipinski definition) is 2. The van der Waals surface area contributed by atoms with Crippen molar-refractivity contribution in [2.75, 3.05) is 5.32 Å². The molecule has 1 aromatic carbocycles. The molecule has 0 atom stereocenters. The van der Waals surface area contributed by atoms with Gasteiger partial charge in [0.25, 0.3) is 0 Å². The summed E-state index contributed by atoms with van der Waals surface area (Å²) in [6.45, 7) is 2.24. The van der Waals surface area contributed by atoms with Gasteiger partial charge in [-0.15, -0.1) is 0 Å². The molecule has 3 nitrogen and oxygen atoms in total. The van der Waals surface area contributed by atoms with Crippen LogP contribution in [0.4, 0.5) is 5.69 Å². The van der Waals surface area contributed by atoms with Gasteiger partial charge in [-0.2, -0.15) is 0 Å². The minimum atomic E-state index is 0.0573. The predicted octanol–water partition coefficient (Wildman–Crippen LogP) is 3.74. The Hall–Kier alpha value is -1.13. The number of nitrogens with one attached hydrogen (secondary N) is 1. The number of thiocarbonyl (C=S) groups is 1. The minimum Gasteiger partial charge on any atom is -0.389 e. The summed E-state index contributed by atoms with van der Waals surface area (Å²) >= 11 is 11.0. The average molecular weight is 311 g/mol. The quantitative estimate of drug-likeness (QED) is 0.836. The van der Waals surface area contributed by atoms with Crippen LogP contribution in [0.2, 0.25) is 5.02 Å². The van der Waals surface area contributed by atoms with Crippen molar-refractivity contribution in [2.24, 2.45) is 17.6 Å². The summed E-state index contributed by atoms with van der Waals surface area (Å²) in [4.78, 5) is 12.5. The molecule has 0 saturated heterocycles. The van der Waals surface area contributed by atoms with Crippen LogP contribution in [-0.2, 0) is 4.79 Å². The van der Waals surface area contributed by atoms with Gasteiger partial charge in [-0.3, -0.25) is 4.79 Å². The maximum absolute atomic E-state index is 12.2. The SMILES string of the molecule is CC1CCC(C(=O)Nc2ccc(C(N)=S)cc2Cl)CC1. The number of amides is 1.